The van der Waals surface area contributed by atoms with Gasteiger partial charge in [0.1, 0.15) is 12.1 Å². The number of nitrogens with one attached hydrogen (secondary N) is 4. The predicted molar refractivity (Wildman–Crippen MR) is 167 cm³/mol. The van der Waals surface area contributed by atoms with Crippen LogP contribution in [0.5, 0.6) is 0 Å². The zero-order valence-corrected chi connectivity index (χ0v) is 27.1. The summed E-state index contributed by atoms with van der Waals surface area (Å²) in [6, 6.07) is 7.31. The Hall–Kier alpha value is -3.31. The molecule has 2 rings (SSSR count). The van der Waals surface area contributed by atoms with Crippen molar-refractivity contribution in [3.05, 3.63) is 35.9 Å². The maximum atomic E-state index is 13.3. The first kappa shape index (κ1) is 37.7. The van der Waals surface area contributed by atoms with E-state index in [4.69, 9.17) is 4.74 Å². The number of hydrogen-bond acceptors (Lipinski definition) is 7. The van der Waals surface area contributed by atoms with Gasteiger partial charge < -0.3 is 26.0 Å². The second kappa shape index (κ2) is 19.8. The van der Waals surface area contributed by atoms with Crippen LogP contribution in [0.15, 0.2) is 30.3 Å². The number of carbonyl (C=O) groups excluding carboxylic acids is 5. The van der Waals surface area contributed by atoms with Crippen molar-refractivity contribution in [1.29, 1.82) is 0 Å². The summed E-state index contributed by atoms with van der Waals surface area (Å²) in [4.78, 5) is 65.4. The maximum absolute atomic E-state index is 13.3. The molecular weight excluding hydrogens is 550 g/mol. The molecule has 0 aromatic heterocycles. The van der Waals surface area contributed by atoms with Crippen molar-refractivity contribution in [1.82, 2.24) is 26.2 Å². The highest BCUT2D eigenvalue weighted by Crippen LogP contribution is 2.20. The molecule has 0 radical (unpaired) electrons. The summed E-state index contributed by atoms with van der Waals surface area (Å²) in [5, 5.41) is 10.6. The van der Waals surface area contributed by atoms with Crippen molar-refractivity contribution in [3.8, 4) is 0 Å². The molecule has 0 aliphatic carbocycles. The van der Waals surface area contributed by atoms with Crippen LogP contribution in [0.1, 0.15) is 73.3 Å². The Bertz CT molecular complexity index is 1020. The fourth-order valence-electron chi connectivity index (χ4n) is 4.05. The average Bonchev–Trinajstić information content (AvgIpc) is 2.97. The molecule has 11 heteroatoms. The molecule has 1 aromatic carbocycles. The first-order valence-corrected chi connectivity index (χ1v) is 15.3. The van der Waals surface area contributed by atoms with Gasteiger partial charge >= 0.3 is 0 Å². The van der Waals surface area contributed by atoms with Gasteiger partial charge in [0.2, 0.25) is 23.5 Å². The number of hydrogen-bond donors (Lipinski definition) is 4. The predicted octanol–water partition coefficient (Wildman–Crippen LogP) is 2.19. The fraction of sp³-hybridized carbons (Fsp3) is 0.656. The summed E-state index contributed by atoms with van der Waals surface area (Å²) in [5.41, 5.74) is 0.212. The van der Waals surface area contributed by atoms with E-state index in [2.05, 4.69) is 35.1 Å². The molecule has 11 nitrogen and oxygen atoms in total. The first-order valence-electron chi connectivity index (χ1n) is 15.3. The zero-order valence-electron chi connectivity index (χ0n) is 27.1. The fourth-order valence-corrected chi connectivity index (χ4v) is 4.05. The molecule has 1 fully saturated rings. The topological polar surface area (TPSA) is 146 Å². The number of morpholine rings is 1. The maximum Gasteiger partial charge on any atom is 0.289 e. The highest BCUT2D eigenvalue weighted by atomic mass is 16.5. The molecular formula is C32H53N5O6. The summed E-state index contributed by atoms with van der Waals surface area (Å²) in [5.74, 6) is -2.91. The monoisotopic (exact) mass is 603 g/mol. The van der Waals surface area contributed by atoms with Gasteiger partial charge in [0.25, 0.3) is 5.91 Å². The van der Waals surface area contributed by atoms with Crippen LogP contribution in [0, 0.1) is 11.3 Å². The van der Waals surface area contributed by atoms with E-state index < -0.39 is 47.5 Å². The Morgan fingerprint density at radius 1 is 0.884 bits per heavy atom. The van der Waals surface area contributed by atoms with Crippen molar-refractivity contribution in [3.63, 3.8) is 0 Å². The minimum atomic E-state index is -0.946. The molecule has 4 amide bonds. The van der Waals surface area contributed by atoms with Crippen molar-refractivity contribution in [2.75, 3.05) is 39.4 Å². The van der Waals surface area contributed by atoms with E-state index in [1.165, 1.54) is 12.8 Å². The number of carbonyl (C=O) groups is 5. The van der Waals surface area contributed by atoms with Crippen LogP contribution in [0.2, 0.25) is 0 Å². The van der Waals surface area contributed by atoms with E-state index in [9.17, 15) is 24.0 Å². The molecule has 1 unspecified atom stereocenters. The van der Waals surface area contributed by atoms with E-state index >= 15 is 0 Å². The van der Waals surface area contributed by atoms with Crippen LogP contribution in [-0.4, -0.2) is 85.8 Å². The number of ether oxygens (including phenoxy) is 1. The van der Waals surface area contributed by atoms with E-state index in [1.807, 2.05) is 69.9 Å². The molecule has 1 aromatic rings. The number of unbranched alkanes of at least 4 members (excludes halogenated alkanes) is 1. The molecule has 4 N–H and O–H groups in total. The second-order valence-corrected chi connectivity index (χ2v) is 12.3. The third kappa shape index (κ3) is 15.6. The standard InChI is InChI=1S/C28H43N5O6.C4H10/c1-19(2)15-21(25(36)30-17-22(34)26(37)29-16-20-9-7-6-8-10-20)31-27(38)24(28(3,4)5)32-23(35)18-33-11-13-39-14-12-33;1-3-4-2/h6-10,19,21,24H,11-18H2,1-5H3,(H,29,37)(H,30,36)(H,31,38)(H,32,35);3-4H2,1-2H3/t21?,24-;/m1./s1. The number of ketones is 1. The minimum absolute atomic E-state index is 0.0509. The van der Waals surface area contributed by atoms with Gasteiger partial charge in [0.05, 0.1) is 26.3 Å². The van der Waals surface area contributed by atoms with Crippen LogP contribution in [0.3, 0.4) is 0 Å². The molecule has 0 spiro atoms. The van der Waals surface area contributed by atoms with Gasteiger partial charge in [-0.1, -0.05) is 91.6 Å². The minimum Gasteiger partial charge on any atom is -0.379 e. The van der Waals surface area contributed by atoms with E-state index in [1.54, 1.807) is 0 Å². The van der Waals surface area contributed by atoms with Gasteiger partial charge in [-0.15, -0.1) is 0 Å². The highest BCUT2D eigenvalue weighted by Gasteiger charge is 2.35. The normalized spacial score (nSPS) is 14.9. The molecule has 1 aliphatic rings. The summed E-state index contributed by atoms with van der Waals surface area (Å²) in [6.45, 7) is 15.9. The van der Waals surface area contributed by atoms with Gasteiger partial charge in [-0.3, -0.25) is 28.9 Å². The number of benzene rings is 1. The summed E-state index contributed by atoms with van der Waals surface area (Å²) in [6.07, 6.45) is 2.95. The lowest BCUT2D eigenvalue weighted by atomic mass is 9.85. The van der Waals surface area contributed by atoms with Gasteiger partial charge in [-0.25, -0.2) is 0 Å². The van der Waals surface area contributed by atoms with Crippen LogP contribution < -0.4 is 21.3 Å². The molecule has 242 valence electrons. The SMILES string of the molecule is CC(C)CC(NC(=O)[C@@H](NC(=O)CN1CCOCC1)C(C)(C)C)C(=O)NCC(=O)C(=O)NCc1ccccc1.CCCC. The molecule has 0 saturated carbocycles. The van der Waals surface area contributed by atoms with Crippen molar-refractivity contribution < 1.29 is 28.7 Å². The van der Waals surface area contributed by atoms with Gasteiger partial charge in [-0.2, -0.15) is 0 Å². The van der Waals surface area contributed by atoms with Crippen molar-refractivity contribution in [2.45, 2.75) is 86.4 Å². The van der Waals surface area contributed by atoms with E-state index in [-0.39, 0.29) is 24.9 Å². The Balaban J connectivity index is 0.00000217. The molecule has 1 heterocycles. The summed E-state index contributed by atoms with van der Waals surface area (Å²) in [7, 11) is 0. The number of nitrogens with zero attached hydrogens (tertiary/aromatic N) is 1. The van der Waals surface area contributed by atoms with E-state index in [0.29, 0.717) is 32.7 Å². The Morgan fingerprint density at radius 3 is 2.02 bits per heavy atom. The van der Waals surface area contributed by atoms with Crippen LogP contribution in [0.4, 0.5) is 0 Å². The van der Waals surface area contributed by atoms with Gasteiger partial charge in [0, 0.05) is 19.6 Å². The quantitative estimate of drug-likeness (QED) is 0.239. The number of rotatable bonds is 14. The molecule has 1 aliphatic heterocycles. The smallest absolute Gasteiger partial charge is 0.289 e. The molecule has 2 atom stereocenters. The van der Waals surface area contributed by atoms with Crippen molar-refractivity contribution >= 4 is 29.4 Å². The Kier molecular flexibility index (Phi) is 17.4. The third-order valence-corrected chi connectivity index (χ3v) is 6.72. The highest BCUT2D eigenvalue weighted by molar-refractivity contribution is 6.37. The lowest BCUT2D eigenvalue weighted by Crippen LogP contribution is -2.59. The lowest BCUT2D eigenvalue weighted by molar-refractivity contribution is -0.138. The Labute approximate surface area is 257 Å². The number of amides is 4. The van der Waals surface area contributed by atoms with Crippen LogP contribution >= 0.6 is 0 Å². The van der Waals surface area contributed by atoms with Crippen LogP contribution in [0.25, 0.3) is 0 Å². The summed E-state index contributed by atoms with van der Waals surface area (Å²) < 4.78 is 5.31. The average molecular weight is 604 g/mol. The first-order chi connectivity index (χ1) is 20.3. The third-order valence-electron chi connectivity index (χ3n) is 6.72. The largest absolute Gasteiger partial charge is 0.379 e. The second-order valence-electron chi connectivity index (χ2n) is 12.3. The zero-order chi connectivity index (χ0) is 32.4. The molecule has 1 saturated heterocycles. The summed E-state index contributed by atoms with van der Waals surface area (Å²) >= 11 is 0. The van der Waals surface area contributed by atoms with Crippen molar-refractivity contribution in [2.24, 2.45) is 11.3 Å². The van der Waals surface area contributed by atoms with Gasteiger partial charge in [0.15, 0.2) is 0 Å². The van der Waals surface area contributed by atoms with Gasteiger partial charge in [-0.05, 0) is 23.3 Å². The molecule has 43 heavy (non-hydrogen) atoms. The molecule has 0 bridgehead atoms. The van der Waals surface area contributed by atoms with E-state index in [0.717, 1.165) is 5.56 Å². The Morgan fingerprint density at radius 2 is 1.49 bits per heavy atom. The lowest BCUT2D eigenvalue weighted by Gasteiger charge is -2.33. The number of Topliss-reactive ketones (excluding diaryl/α,β-unsaturated/α-hetero) is 1. The van der Waals surface area contributed by atoms with Crippen LogP contribution in [-0.2, 0) is 35.3 Å².